The number of rotatable bonds is 4. The Hall–Kier alpha value is -3.09. The van der Waals surface area contributed by atoms with Crippen molar-refractivity contribution in [3.63, 3.8) is 0 Å². The summed E-state index contributed by atoms with van der Waals surface area (Å²) in [6.45, 7) is -0.436. The summed E-state index contributed by atoms with van der Waals surface area (Å²) in [5.41, 5.74) is 0.116. The zero-order chi connectivity index (χ0) is 17.1. The van der Waals surface area contributed by atoms with Gasteiger partial charge in [-0.3, -0.25) is 9.78 Å². The molecule has 3 rings (SSSR count). The molecular formula is C17H11F3N2O2. The highest BCUT2D eigenvalue weighted by Gasteiger charge is 2.15. The maximum atomic E-state index is 13.5. The van der Waals surface area contributed by atoms with Crippen LogP contribution in [-0.2, 0) is 4.79 Å². The maximum absolute atomic E-state index is 13.5. The third-order valence-corrected chi connectivity index (χ3v) is 3.26. The summed E-state index contributed by atoms with van der Waals surface area (Å²) in [4.78, 5) is 16.0. The third kappa shape index (κ3) is 3.15. The number of pyridine rings is 1. The molecule has 1 aromatic heterocycles. The number of nitrogens with one attached hydrogen (secondary N) is 1. The fraction of sp³-hybridized carbons (Fsp3) is 0.0588. The molecule has 1 N–H and O–H groups in total. The first-order valence-corrected chi connectivity index (χ1v) is 6.96. The van der Waals surface area contributed by atoms with E-state index in [9.17, 15) is 18.0 Å². The minimum absolute atomic E-state index is 0.383. The summed E-state index contributed by atoms with van der Waals surface area (Å²) in [5.74, 6) is -4.77. The summed E-state index contributed by atoms with van der Waals surface area (Å²) < 4.78 is 44.9. The molecule has 0 aliphatic heterocycles. The molecule has 7 heteroatoms. The first-order chi connectivity index (χ1) is 11.6. The molecule has 0 aliphatic rings. The van der Waals surface area contributed by atoms with Gasteiger partial charge in [-0.05, 0) is 24.3 Å². The van der Waals surface area contributed by atoms with Gasteiger partial charge in [0.2, 0.25) is 0 Å². The molecule has 0 unspecified atom stereocenters. The van der Waals surface area contributed by atoms with Crippen molar-refractivity contribution < 1.29 is 22.7 Å². The molecule has 1 heterocycles. The second-order valence-electron chi connectivity index (χ2n) is 4.89. The van der Waals surface area contributed by atoms with Crippen LogP contribution in [0.4, 0.5) is 18.9 Å². The van der Waals surface area contributed by atoms with Crippen molar-refractivity contribution in [1.82, 2.24) is 4.98 Å². The number of para-hydroxylation sites is 1. The molecule has 4 nitrogen and oxygen atoms in total. The Morgan fingerprint density at radius 3 is 2.67 bits per heavy atom. The molecule has 122 valence electrons. The van der Waals surface area contributed by atoms with Crippen molar-refractivity contribution in [1.29, 1.82) is 0 Å². The van der Waals surface area contributed by atoms with E-state index >= 15 is 0 Å². The maximum Gasteiger partial charge on any atom is 0.262 e. The van der Waals surface area contributed by atoms with Gasteiger partial charge in [0, 0.05) is 11.6 Å². The number of ether oxygens (including phenoxy) is 1. The summed E-state index contributed by atoms with van der Waals surface area (Å²) in [5, 5.41) is 2.97. The van der Waals surface area contributed by atoms with E-state index in [-0.39, 0.29) is 0 Å². The van der Waals surface area contributed by atoms with Crippen LogP contribution in [0.3, 0.4) is 0 Å². The Morgan fingerprint density at radius 1 is 1.04 bits per heavy atom. The molecule has 0 saturated carbocycles. The molecule has 3 aromatic rings. The van der Waals surface area contributed by atoms with Crippen LogP contribution in [0.1, 0.15) is 0 Å². The molecule has 0 spiro atoms. The quantitative estimate of drug-likeness (QED) is 0.742. The average molecular weight is 332 g/mol. The smallest absolute Gasteiger partial charge is 0.262 e. The number of amides is 1. The van der Waals surface area contributed by atoms with Crippen molar-refractivity contribution in [2.45, 2.75) is 0 Å². The van der Waals surface area contributed by atoms with E-state index in [1.165, 1.54) is 0 Å². The minimum atomic E-state index is -1.65. The first-order valence-electron chi connectivity index (χ1n) is 6.96. The van der Waals surface area contributed by atoms with Gasteiger partial charge in [-0.2, -0.15) is 0 Å². The number of carbonyl (C=O) groups excluding carboxylic acids is 1. The molecule has 1 amide bonds. The third-order valence-electron chi connectivity index (χ3n) is 3.26. The summed E-state index contributed by atoms with van der Waals surface area (Å²) >= 11 is 0. The Balaban J connectivity index is 1.71. The van der Waals surface area contributed by atoms with Crippen LogP contribution in [0.15, 0.2) is 48.7 Å². The van der Waals surface area contributed by atoms with E-state index in [1.54, 1.807) is 24.4 Å². The molecule has 2 aromatic carbocycles. The van der Waals surface area contributed by atoms with E-state index in [0.717, 1.165) is 17.5 Å². The fourth-order valence-corrected chi connectivity index (χ4v) is 2.14. The Labute approximate surface area is 134 Å². The van der Waals surface area contributed by atoms with Crippen LogP contribution in [0, 0.1) is 17.5 Å². The van der Waals surface area contributed by atoms with Gasteiger partial charge in [-0.15, -0.1) is 0 Å². The van der Waals surface area contributed by atoms with Crippen LogP contribution in [0.5, 0.6) is 5.75 Å². The van der Waals surface area contributed by atoms with Crippen molar-refractivity contribution >= 4 is 22.5 Å². The van der Waals surface area contributed by atoms with Crippen molar-refractivity contribution in [3.8, 4) is 5.75 Å². The van der Waals surface area contributed by atoms with E-state index < -0.39 is 35.7 Å². The molecule has 0 saturated heterocycles. The Kier molecular flexibility index (Phi) is 4.33. The zero-order valence-corrected chi connectivity index (χ0v) is 12.2. The highest BCUT2D eigenvalue weighted by Crippen LogP contribution is 2.23. The fourth-order valence-electron chi connectivity index (χ4n) is 2.14. The van der Waals surface area contributed by atoms with Crippen LogP contribution in [0.25, 0.3) is 10.9 Å². The van der Waals surface area contributed by atoms with Gasteiger partial charge >= 0.3 is 0 Å². The lowest BCUT2D eigenvalue weighted by atomic mass is 10.2. The predicted octanol–water partition coefficient (Wildman–Crippen LogP) is 3.67. The van der Waals surface area contributed by atoms with E-state index in [4.69, 9.17) is 4.74 Å². The predicted molar refractivity (Wildman–Crippen MR) is 82.2 cm³/mol. The van der Waals surface area contributed by atoms with Gasteiger partial charge < -0.3 is 10.1 Å². The summed E-state index contributed by atoms with van der Waals surface area (Å²) in [6.07, 6.45) is 1.59. The van der Waals surface area contributed by atoms with Gasteiger partial charge in [0.15, 0.2) is 24.1 Å². The highest BCUT2D eigenvalue weighted by molar-refractivity contribution is 5.92. The van der Waals surface area contributed by atoms with Crippen LogP contribution < -0.4 is 10.1 Å². The monoisotopic (exact) mass is 332 g/mol. The number of nitrogens with zero attached hydrogens (tertiary/aromatic N) is 1. The number of anilines is 1. The van der Waals surface area contributed by atoms with Crippen molar-refractivity contribution in [3.05, 3.63) is 66.1 Å². The number of aromatic nitrogens is 1. The number of benzene rings is 2. The lowest BCUT2D eigenvalue weighted by Gasteiger charge is -2.10. The number of halogens is 3. The van der Waals surface area contributed by atoms with E-state index in [1.807, 2.05) is 12.1 Å². The summed E-state index contributed by atoms with van der Waals surface area (Å²) in [7, 11) is 0. The minimum Gasteiger partial charge on any atom is -0.481 e. The summed E-state index contributed by atoms with van der Waals surface area (Å²) in [6, 6.07) is 10.5. The van der Waals surface area contributed by atoms with Crippen LogP contribution in [0.2, 0.25) is 0 Å². The first kappa shape index (κ1) is 15.8. The molecule has 0 bridgehead atoms. The molecule has 0 aliphatic carbocycles. The average Bonchev–Trinajstić information content (AvgIpc) is 2.60. The van der Waals surface area contributed by atoms with Crippen molar-refractivity contribution in [2.24, 2.45) is 0 Å². The second-order valence-corrected chi connectivity index (χ2v) is 4.89. The number of hydrogen-bond acceptors (Lipinski definition) is 3. The van der Waals surface area contributed by atoms with Gasteiger partial charge in [0.25, 0.3) is 5.91 Å². The largest absolute Gasteiger partial charge is 0.481 e. The van der Waals surface area contributed by atoms with Crippen molar-refractivity contribution in [2.75, 3.05) is 11.9 Å². The second kappa shape index (κ2) is 6.57. The molecule has 0 radical (unpaired) electrons. The molecule has 0 fully saturated rings. The number of fused-ring (bicyclic) bond motifs is 1. The van der Waals surface area contributed by atoms with E-state index in [0.29, 0.717) is 11.3 Å². The standard InChI is InChI=1S/C17H11F3N2O2/c18-11-6-7-12(16(20)15(11)19)22-14(23)9-24-13-5-1-3-10-4-2-8-21-17(10)13/h1-8H,9H2,(H,22,23). The van der Waals surface area contributed by atoms with Crippen LogP contribution in [-0.4, -0.2) is 17.5 Å². The Morgan fingerprint density at radius 2 is 1.83 bits per heavy atom. The SMILES string of the molecule is O=C(COc1cccc2cccnc12)Nc1ccc(F)c(F)c1F. The van der Waals surface area contributed by atoms with E-state index in [2.05, 4.69) is 10.3 Å². The van der Waals surface area contributed by atoms with Gasteiger partial charge in [-0.1, -0.05) is 18.2 Å². The molecule has 0 atom stereocenters. The highest BCUT2D eigenvalue weighted by atomic mass is 19.2. The van der Waals surface area contributed by atoms with Gasteiger partial charge in [0.1, 0.15) is 11.3 Å². The lowest BCUT2D eigenvalue weighted by Crippen LogP contribution is -2.21. The number of hydrogen-bond donors (Lipinski definition) is 1. The van der Waals surface area contributed by atoms with Crippen LogP contribution >= 0.6 is 0 Å². The molecular weight excluding hydrogens is 321 g/mol. The zero-order valence-electron chi connectivity index (χ0n) is 12.2. The normalized spacial score (nSPS) is 10.6. The van der Waals surface area contributed by atoms with Gasteiger partial charge in [0.05, 0.1) is 5.69 Å². The lowest BCUT2D eigenvalue weighted by molar-refractivity contribution is -0.118. The topological polar surface area (TPSA) is 51.2 Å². The Bertz CT molecular complexity index is 910. The molecule has 24 heavy (non-hydrogen) atoms. The van der Waals surface area contributed by atoms with Gasteiger partial charge in [-0.25, -0.2) is 13.2 Å². The number of carbonyl (C=O) groups is 1.